The highest BCUT2D eigenvalue weighted by Crippen LogP contribution is 2.21. The van der Waals surface area contributed by atoms with Crippen LogP contribution in [0.4, 0.5) is 5.69 Å². The number of hydrogen-bond acceptors (Lipinski definition) is 5. The maximum absolute atomic E-state index is 12.5. The molecule has 146 valence electrons. The van der Waals surface area contributed by atoms with Crippen molar-refractivity contribution in [3.05, 3.63) is 65.6 Å². The van der Waals surface area contributed by atoms with E-state index in [1.165, 1.54) is 0 Å². The summed E-state index contributed by atoms with van der Waals surface area (Å²) in [5.41, 5.74) is 2.44. The predicted molar refractivity (Wildman–Crippen MR) is 114 cm³/mol. The minimum Gasteiger partial charge on any atom is -0.497 e. The molecule has 0 unspecified atom stereocenters. The van der Waals surface area contributed by atoms with Gasteiger partial charge in [0.25, 0.3) is 0 Å². The van der Waals surface area contributed by atoms with E-state index in [0.717, 1.165) is 22.2 Å². The summed E-state index contributed by atoms with van der Waals surface area (Å²) in [6.07, 6.45) is 1.91. The van der Waals surface area contributed by atoms with Crippen molar-refractivity contribution in [2.24, 2.45) is 0 Å². The standard InChI is InChI=1S/C21H19N5O2S/c1-28-17-8-6-14(7-9-17)20-24-25-21(29)26(20)11-10-19(27)23-16-12-15-4-2-3-5-18(15)22-13-16/h2-9,12-13H,10-11H2,1H3,(H,23,27)(H,25,29). The first-order valence-corrected chi connectivity index (χ1v) is 9.49. The molecule has 2 aromatic carbocycles. The first-order valence-electron chi connectivity index (χ1n) is 9.08. The number of H-pyrrole nitrogens is 1. The lowest BCUT2D eigenvalue weighted by Gasteiger charge is -2.09. The molecule has 4 rings (SSSR count). The van der Waals surface area contributed by atoms with Gasteiger partial charge in [-0.25, -0.2) is 0 Å². The highest BCUT2D eigenvalue weighted by atomic mass is 32.1. The topological polar surface area (TPSA) is 84.8 Å². The predicted octanol–water partition coefficient (Wildman–Crippen LogP) is 4.19. The zero-order valence-electron chi connectivity index (χ0n) is 15.8. The third-order valence-corrected chi connectivity index (χ3v) is 4.85. The monoisotopic (exact) mass is 405 g/mol. The fourth-order valence-corrected chi connectivity index (χ4v) is 3.29. The summed E-state index contributed by atoms with van der Waals surface area (Å²) in [5, 5.41) is 11.0. The largest absolute Gasteiger partial charge is 0.497 e. The van der Waals surface area contributed by atoms with E-state index < -0.39 is 0 Å². The van der Waals surface area contributed by atoms with Crippen molar-refractivity contribution in [2.45, 2.75) is 13.0 Å². The Hall–Kier alpha value is -3.52. The van der Waals surface area contributed by atoms with Crippen LogP contribution in [-0.2, 0) is 11.3 Å². The number of amides is 1. The van der Waals surface area contributed by atoms with E-state index in [0.29, 0.717) is 22.8 Å². The SMILES string of the molecule is COc1ccc(-c2n[nH]c(=S)n2CCC(=O)Nc2cnc3ccccc3c2)cc1. The minimum absolute atomic E-state index is 0.120. The number of nitrogens with one attached hydrogen (secondary N) is 2. The number of aromatic nitrogens is 4. The van der Waals surface area contributed by atoms with Gasteiger partial charge in [-0.1, -0.05) is 18.2 Å². The Balaban J connectivity index is 1.46. The number of hydrogen-bond donors (Lipinski definition) is 2. The minimum atomic E-state index is -0.120. The molecule has 2 heterocycles. The van der Waals surface area contributed by atoms with E-state index in [-0.39, 0.29) is 12.3 Å². The molecule has 1 amide bonds. The first kappa shape index (κ1) is 18.8. The fraction of sp³-hybridized carbons (Fsp3) is 0.143. The number of nitrogens with zero attached hydrogens (tertiary/aromatic N) is 3. The molecule has 29 heavy (non-hydrogen) atoms. The number of pyridine rings is 1. The van der Waals surface area contributed by atoms with Crippen LogP contribution in [0, 0.1) is 4.77 Å². The van der Waals surface area contributed by atoms with E-state index >= 15 is 0 Å². The van der Waals surface area contributed by atoms with Crippen molar-refractivity contribution in [3.8, 4) is 17.1 Å². The lowest BCUT2D eigenvalue weighted by molar-refractivity contribution is -0.116. The molecule has 0 saturated heterocycles. The Morgan fingerprint density at radius 3 is 2.79 bits per heavy atom. The third kappa shape index (κ3) is 4.17. The average Bonchev–Trinajstić information content (AvgIpc) is 3.12. The van der Waals surface area contributed by atoms with E-state index in [1.807, 2.05) is 59.2 Å². The van der Waals surface area contributed by atoms with Crippen LogP contribution in [0.25, 0.3) is 22.3 Å². The number of fused-ring (bicyclic) bond motifs is 1. The molecule has 0 atom stereocenters. The van der Waals surface area contributed by atoms with E-state index in [1.54, 1.807) is 13.3 Å². The summed E-state index contributed by atoms with van der Waals surface area (Å²) < 4.78 is 7.47. The van der Waals surface area contributed by atoms with Gasteiger partial charge in [0, 0.05) is 23.9 Å². The molecule has 4 aromatic rings. The zero-order valence-corrected chi connectivity index (χ0v) is 16.6. The number of para-hydroxylation sites is 1. The maximum atomic E-state index is 12.5. The van der Waals surface area contributed by atoms with Crippen LogP contribution in [0.2, 0.25) is 0 Å². The summed E-state index contributed by atoms with van der Waals surface area (Å²) in [6, 6.07) is 17.2. The van der Waals surface area contributed by atoms with Crippen LogP contribution >= 0.6 is 12.2 Å². The maximum Gasteiger partial charge on any atom is 0.226 e. The highest BCUT2D eigenvalue weighted by Gasteiger charge is 2.11. The number of carbonyl (C=O) groups is 1. The second-order valence-electron chi connectivity index (χ2n) is 6.45. The van der Waals surface area contributed by atoms with Crippen LogP contribution in [0.15, 0.2) is 60.8 Å². The summed E-state index contributed by atoms with van der Waals surface area (Å²) in [4.78, 5) is 16.8. The average molecular weight is 405 g/mol. The summed E-state index contributed by atoms with van der Waals surface area (Å²) in [6.45, 7) is 0.406. The molecule has 8 heteroatoms. The molecule has 0 saturated carbocycles. The third-order valence-electron chi connectivity index (χ3n) is 4.54. The number of rotatable bonds is 6. The van der Waals surface area contributed by atoms with Crippen molar-refractivity contribution in [1.82, 2.24) is 19.7 Å². The lowest BCUT2D eigenvalue weighted by Crippen LogP contribution is -2.15. The molecule has 2 aromatic heterocycles. The van der Waals surface area contributed by atoms with Gasteiger partial charge >= 0.3 is 0 Å². The molecular formula is C21H19N5O2S. The number of aromatic amines is 1. The van der Waals surface area contributed by atoms with Gasteiger partial charge in [-0.2, -0.15) is 5.10 Å². The second-order valence-corrected chi connectivity index (χ2v) is 6.83. The lowest BCUT2D eigenvalue weighted by atomic mass is 10.2. The van der Waals surface area contributed by atoms with Gasteiger partial charge in [-0.3, -0.25) is 19.4 Å². The highest BCUT2D eigenvalue weighted by molar-refractivity contribution is 7.71. The van der Waals surface area contributed by atoms with Crippen molar-refractivity contribution in [2.75, 3.05) is 12.4 Å². The Bertz CT molecular complexity index is 1210. The number of ether oxygens (including phenoxy) is 1. The Morgan fingerprint density at radius 1 is 1.21 bits per heavy atom. The second kappa shape index (κ2) is 8.24. The zero-order chi connectivity index (χ0) is 20.2. The molecule has 2 N–H and O–H groups in total. The van der Waals surface area contributed by atoms with Crippen LogP contribution in [0.3, 0.4) is 0 Å². The fourth-order valence-electron chi connectivity index (χ4n) is 3.06. The van der Waals surface area contributed by atoms with Gasteiger partial charge in [0.05, 0.1) is 24.5 Å². The van der Waals surface area contributed by atoms with Crippen molar-refractivity contribution in [3.63, 3.8) is 0 Å². The summed E-state index contributed by atoms with van der Waals surface area (Å²) >= 11 is 5.33. The Labute approximate surface area is 172 Å². The van der Waals surface area contributed by atoms with Gasteiger partial charge in [-0.05, 0) is 48.6 Å². The van der Waals surface area contributed by atoms with Crippen LogP contribution in [0.1, 0.15) is 6.42 Å². The molecular weight excluding hydrogens is 386 g/mol. The van der Waals surface area contributed by atoms with Crippen LogP contribution in [0.5, 0.6) is 5.75 Å². The molecule has 0 aliphatic carbocycles. The van der Waals surface area contributed by atoms with Gasteiger partial charge in [0.2, 0.25) is 5.91 Å². The number of benzene rings is 2. The smallest absolute Gasteiger partial charge is 0.226 e. The van der Waals surface area contributed by atoms with Gasteiger partial charge in [-0.15, -0.1) is 0 Å². The molecule has 0 radical (unpaired) electrons. The number of carbonyl (C=O) groups excluding carboxylic acids is 1. The summed E-state index contributed by atoms with van der Waals surface area (Å²) in [7, 11) is 1.62. The van der Waals surface area contributed by atoms with Gasteiger partial charge in [0.1, 0.15) is 5.75 Å². The normalized spacial score (nSPS) is 10.8. The van der Waals surface area contributed by atoms with Crippen LogP contribution in [-0.4, -0.2) is 32.8 Å². The number of anilines is 1. The number of methoxy groups -OCH3 is 1. The first-order chi connectivity index (χ1) is 14.1. The van der Waals surface area contributed by atoms with Gasteiger partial charge < -0.3 is 10.1 Å². The molecule has 0 aliphatic rings. The van der Waals surface area contributed by atoms with Crippen molar-refractivity contribution < 1.29 is 9.53 Å². The quantitative estimate of drug-likeness (QED) is 0.470. The molecule has 0 aliphatic heterocycles. The molecule has 7 nitrogen and oxygen atoms in total. The Morgan fingerprint density at radius 2 is 2.00 bits per heavy atom. The summed E-state index contributed by atoms with van der Waals surface area (Å²) in [5.74, 6) is 1.32. The Kier molecular flexibility index (Phi) is 5.35. The van der Waals surface area contributed by atoms with E-state index in [9.17, 15) is 4.79 Å². The molecule has 0 fully saturated rings. The van der Waals surface area contributed by atoms with E-state index in [2.05, 4.69) is 20.5 Å². The van der Waals surface area contributed by atoms with Crippen molar-refractivity contribution >= 4 is 34.7 Å². The van der Waals surface area contributed by atoms with E-state index in [4.69, 9.17) is 17.0 Å². The van der Waals surface area contributed by atoms with Crippen molar-refractivity contribution in [1.29, 1.82) is 0 Å². The van der Waals surface area contributed by atoms with Gasteiger partial charge in [0.15, 0.2) is 10.6 Å². The molecule has 0 bridgehead atoms. The van der Waals surface area contributed by atoms with Crippen LogP contribution < -0.4 is 10.1 Å². The molecule has 0 spiro atoms.